The number of hydrogen-bond donors (Lipinski definition) is 2. The largest absolute Gasteiger partial charge is 0.497 e. The quantitative estimate of drug-likeness (QED) is 0.906. The minimum atomic E-state index is -0.333. The monoisotopic (exact) mass is 324 g/mol. The number of rotatable bonds is 4. The lowest BCUT2D eigenvalue weighted by Gasteiger charge is -2.07. The fourth-order valence-electron chi connectivity index (χ4n) is 1.56. The number of nitrogens with two attached hydrogens (primary N) is 1. The summed E-state index contributed by atoms with van der Waals surface area (Å²) in [7, 11) is 1.56. The molecule has 0 fully saturated rings. The van der Waals surface area contributed by atoms with Gasteiger partial charge < -0.3 is 20.2 Å². The molecule has 0 radical (unpaired) electrons. The Labute approximate surface area is 118 Å². The normalized spacial score (nSPS) is 10.3. The van der Waals surface area contributed by atoms with E-state index < -0.39 is 0 Å². The van der Waals surface area contributed by atoms with E-state index in [0.29, 0.717) is 17.2 Å². The fourth-order valence-corrected chi connectivity index (χ4v) is 2.03. The minimum absolute atomic E-state index is 0.222. The summed E-state index contributed by atoms with van der Waals surface area (Å²) in [4.78, 5) is 12.0. The van der Waals surface area contributed by atoms with E-state index in [2.05, 4.69) is 21.2 Å². The second kappa shape index (κ2) is 5.90. The van der Waals surface area contributed by atoms with Crippen molar-refractivity contribution in [1.82, 2.24) is 0 Å². The highest BCUT2D eigenvalue weighted by Gasteiger charge is 2.11. The highest BCUT2D eigenvalue weighted by Crippen LogP contribution is 2.25. The average molecular weight is 325 g/mol. The number of anilines is 1. The molecular formula is C13H13BrN2O3. The van der Waals surface area contributed by atoms with E-state index >= 15 is 0 Å². The van der Waals surface area contributed by atoms with Crippen molar-refractivity contribution < 1.29 is 13.9 Å². The second-order valence-corrected chi connectivity index (χ2v) is 4.72. The number of methoxy groups -OCH3 is 1. The SMILES string of the molecule is COc1cc(Br)cc(NC(=O)c2ccc(CN)o2)c1. The maximum absolute atomic E-state index is 12.0. The number of ether oxygens (including phenoxy) is 1. The summed E-state index contributed by atoms with van der Waals surface area (Å²) in [5.41, 5.74) is 6.04. The van der Waals surface area contributed by atoms with Gasteiger partial charge in [-0.1, -0.05) is 15.9 Å². The molecular weight excluding hydrogens is 312 g/mol. The maximum Gasteiger partial charge on any atom is 0.291 e. The van der Waals surface area contributed by atoms with Crippen LogP contribution in [0.5, 0.6) is 5.75 Å². The Morgan fingerprint density at radius 2 is 2.21 bits per heavy atom. The molecule has 6 heteroatoms. The van der Waals surface area contributed by atoms with E-state index in [1.54, 1.807) is 37.4 Å². The lowest BCUT2D eigenvalue weighted by molar-refractivity contribution is 0.0995. The van der Waals surface area contributed by atoms with Gasteiger partial charge in [0.2, 0.25) is 0 Å². The molecule has 0 bridgehead atoms. The van der Waals surface area contributed by atoms with Crippen LogP contribution < -0.4 is 15.8 Å². The summed E-state index contributed by atoms with van der Waals surface area (Å²) in [6, 6.07) is 8.56. The maximum atomic E-state index is 12.0. The van der Waals surface area contributed by atoms with Crippen LogP contribution in [-0.4, -0.2) is 13.0 Å². The molecule has 0 aliphatic heterocycles. The zero-order chi connectivity index (χ0) is 13.8. The van der Waals surface area contributed by atoms with Gasteiger partial charge in [0.05, 0.1) is 13.7 Å². The number of hydrogen-bond acceptors (Lipinski definition) is 4. The van der Waals surface area contributed by atoms with Gasteiger partial charge in [0.1, 0.15) is 11.5 Å². The Bertz CT molecular complexity index is 595. The van der Waals surface area contributed by atoms with Crippen LogP contribution in [0, 0.1) is 0 Å². The van der Waals surface area contributed by atoms with Gasteiger partial charge in [0, 0.05) is 16.2 Å². The van der Waals surface area contributed by atoms with E-state index in [-0.39, 0.29) is 18.2 Å². The predicted octanol–water partition coefficient (Wildman–Crippen LogP) is 2.76. The van der Waals surface area contributed by atoms with Crippen molar-refractivity contribution in [3.05, 3.63) is 46.3 Å². The molecule has 0 aliphatic rings. The smallest absolute Gasteiger partial charge is 0.291 e. The third-order valence-electron chi connectivity index (χ3n) is 2.45. The molecule has 5 nitrogen and oxygen atoms in total. The summed E-state index contributed by atoms with van der Waals surface area (Å²) in [5, 5.41) is 2.73. The van der Waals surface area contributed by atoms with Gasteiger partial charge in [-0.15, -0.1) is 0 Å². The van der Waals surface area contributed by atoms with Gasteiger partial charge in [-0.2, -0.15) is 0 Å². The summed E-state index contributed by atoms with van der Waals surface area (Å²) < 4.78 is 11.2. The predicted molar refractivity (Wildman–Crippen MR) is 75.2 cm³/mol. The topological polar surface area (TPSA) is 77.5 Å². The molecule has 1 amide bonds. The Balaban J connectivity index is 2.16. The minimum Gasteiger partial charge on any atom is -0.497 e. The molecule has 0 spiro atoms. The van der Waals surface area contributed by atoms with Crippen LogP contribution in [0.2, 0.25) is 0 Å². The van der Waals surface area contributed by atoms with Gasteiger partial charge in [-0.3, -0.25) is 4.79 Å². The molecule has 1 aromatic heterocycles. The Hall–Kier alpha value is -1.79. The zero-order valence-electron chi connectivity index (χ0n) is 10.3. The van der Waals surface area contributed by atoms with Crippen molar-refractivity contribution in [2.24, 2.45) is 5.73 Å². The van der Waals surface area contributed by atoms with Crippen molar-refractivity contribution >= 4 is 27.5 Å². The van der Waals surface area contributed by atoms with Crippen molar-refractivity contribution in [2.75, 3.05) is 12.4 Å². The number of furan rings is 1. The molecule has 0 saturated carbocycles. The van der Waals surface area contributed by atoms with Crippen LogP contribution in [0.15, 0.2) is 39.2 Å². The van der Waals surface area contributed by atoms with Gasteiger partial charge in [-0.05, 0) is 24.3 Å². The molecule has 0 saturated heterocycles. The highest BCUT2D eigenvalue weighted by atomic mass is 79.9. The van der Waals surface area contributed by atoms with Gasteiger partial charge in [0.25, 0.3) is 5.91 Å². The van der Waals surface area contributed by atoms with Crippen LogP contribution in [0.25, 0.3) is 0 Å². The van der Waals surface area contributed by atoms with Crippen molar-refractivity contribution in [3.8, 4) is 5.75 Å². The van der Waals surface area contributed by atoms with Crippen molar-refractivity contribution in [3.63, 3.8) is 0 Å². The first-order chi connectivity index (χ1) is 9.12. The fraction of sp³-hybridized carbons (Fsp3) is 0.154. The number of carbonyl (C=O) groups is 1. The van der Waals surface area contributed by atoms with E-state index in [1.165, 1.54) is 0 Å². The third kappa shape index (κ3) is 3.36. The number of amides is 1. The van der Waals surface area contributed by atoms with Gasteiger partial charge >= 0.3 is 0 Å². The number of benzene rings is 1. The van der Waals surface area contributed by atoms with Crippen LogP contribution in [0.3, 0.4) is 0 Å². The summed E-state index contributed by atoms with van der Waals surface area (Å²) in [6.45, 7) is 0.262. The van der Waals surface area contributed by atoms with E-state index in [0.717, 1.165) is 4.47 Å². The summed E-state index contributed by atoms with van der Waals surface area (Å²) in [5.74, 6) is 1.10. The third-order valence-corrected chi connectivity index (χ3v) is 2.91. The molecule has 100 valence electrons. The Morgan fingerprint density at radius 1 is 1.42 bits per heavy atom. The first kappa shape index (κ1) is 13.6. The van der Waals surface area contributed by atoms with E-state index in [4.69, 9.17) is 14.9 Å². The lowest BCUT2D eigenvalue weighted by Crippen LogP contribution is -2.11. The molecule has 1 aromatic carbocycles. The van der Waals surface area contributed by atoms with Crippen LogP contribution in [0.4, 0.5) is 5.69 Å². The van der Waals surface area contributed by atoms with Crippen LogP contribution in [-0.2, 0) is 6.54 Å². The van der Waals surface area contributed by atoms with E-state index in [1.807, 2.05) is 0 Å². The first-order valence-electron chi connectivity index (χ1n) is 5.57. The second-order valence-electron chi connectivity index (χ2n) is 3.80. The number of halogens is 1. The molecule has 19 heavy (non-hydrogen) atoms. The van der Waals surface area contributed by atoms with Crippen molar-refractivity contribution in [2.45, 2.75) is 6.54 Å². The molecule has 2 rings (SSSR count). The first-order valence-corrected chi connectivity index (χ1v) is 6.36. The Kier molecular flexibility index (Phi) is 4.24. The molecule has 0 aliphatic carbocycles. The summed E-state index contributed by atoms with van der Waals surface area (Å²) >= 11 is 3.34. The van der Waals surface area contributed by atoms with E-state index in [9.17, 15) is 4.79 Å². The molecule has 2 aromatic rings. The van der Waals surface area contributed by atoms with Crippen LogP contribution >= 0.6 is 15.9 Å². The molecule has 0 unspecified atom stereocenters. The van der Waals surface area contributed by atoms with Gasteiger partial charge in [-0.25, -0.2) is 0 Å². The van der Waals surface area contributed by atoms with Crippen LogP contribution in [0.1, 0.15) is 16.3 Å². The highest BCUT2D eigenvalue weighted by molar-refractivity contribution is 9.10. The lowest BCUT2D eigenvalue weighted by atomic mass is 10.3. The number of carbonyl (C=O) groups excluding carboxylic acids is 1. The zero-order valence-corrected chi connectivity index (χ0v) is 11.9. The van der Waals surface area contributed by atoms with Crippen molar-refractivity contribution in [1.29, 1.82) is 0 Å². The number of nitrogens with one attached hydrogen (secondary N) is 1. The molecule has 3 N–H and O–H groups in total. The molecule has 0 atom stereocenters. The molecule has 1 heterocycles. The average Bonchev–Trinajstić information content (AvgIpc) is 2.86. The summed E-state index contributed by atoms with van der Waals surface area (Å²) in [6.07, 6.45) is 0. The Morgan fingerprint density at radius 3 is 2.84 bits per heavy atom. The van der Waals surface area contributed by atoms with Gasteiger partial charge in [0.15, 0.2) is 5.76 Å². The standard InChI is InChI=1S/C13H13BrN2O3/c1-18-11-5-8(14)4-9(6-11)16-13(17)12-3-2-10(7-15)19-12/h2-6H,7,15H2,1H3,(H,16,17).